The van der Waals surface area contributed by atoms with E-state index in [2.05, 4.69) is 15.5 Å². The molecule has 4 heteroatoms. The molecule has 1 aliphatic carbocycles. The van der Waals surface area contributed by atoms with Crippen molar-refractivity contribution in [1.29, 1.82) is 0 Å². The molecule has 3 rings (SSSR count). The van der Waals surface area contributed by atoms with Gasteiger partial charge in [-0.25, -0.2) is 0 Å². The Morgan fingerprint density at radius 1 is 1.15 bits per heavy atom. The zero-order valence-corrected chi connectivity index (χ0v) is 11.8. The summed E-state index contributed by atoms with van der Waals surface area (Å²) in [6.07, 6.45) is 2.64. The Bertz CT molecular complexity index is 577. The van der Waals surface area contributed by atoms with E-state index in [1.54, 1.807) is 0 Å². The van der Waals surface area contributed by atoms with Crippen LogP contribution in [0.4, 0.5) is 5.82 Å². The number of hydrogen-bond acceptors (Lipinski definition) is 4. The van der Waals surface area contributed by atoms with Gasteiger partial charge in [0, 0.05) is 11.6 Å². The summed E-state index contributed by atoms with van der Waals surface area (Å²) in [4.78, 5) is 0. The fraction of sp³-hybridized carbons (Fsp3) is 0.375. The molecule has 1 N–H and O–H groups in total. The van der Waals surface area contributed by atoms with E-state index in [4.69, 9.17) is 4.74 Å². The highest BCUT2D eigenvalue weighted by molar-refractivity contribution is 5.61. The summed E-state index contributed by atoms with van der Waals surface area (Å²) in [5, 5.41) is 11.8. The first-order valence-corrected chi connectivity index (χ1v) is 7.08. The summed E-state index contributed by atoms with van der Waals surface area (Å²) in [7, 11) is 0. The van der Waals surface area contributed by atoms with Gasteiger partial charge in [-0.15, -0.1) is 10.2 Å². The molecule has 1 fully saturated rings. The van der Waals surface area contributed by atoms with E-state index in [0.29, 0.717) is 6.04 Å². The molecule has 1 saturated carbocycles. The lowest BCUT2D eigenvalue weighted by Crippen LogP contribution is -2.05. The fourth-order valence-corrected chi connectivity index (χ4v) is 2.00. The van der Waals surface area contributed by atoms with Crippen LogP contribution in [0.15, 0.2) is 36.4 Å². The highest BCUT2D eigenvalue weighted by Gasteiger charge is 2.21. The van der Waals surface area contributed by atoms with Crippen LogP contribution in [0, 0.1) is 0 Å². The molecule has 0 unspecified atom stereocenters. The van der Waals surface area contributed by atoms with Crippen molar-refractivity contribution < 1.29 is 4.74 Å². The van der Waals surface area contributed by atoms with Gasteiger partial charge in [-0.1, -0.05) is 12.1 Å². The molecule has 0 radical (unpaired) electrons. The molecule has 4 nitrogen and oxygen atoms in total. The van der Waals surface area contributed by atoms with E-state index in [1.807, 2.05) is 50.2 Å². The monoisotopic (exact) mass is 269 g/mol. The minimum atomic E-state index is 0.168. The second kappa shape index (κ2) is 5.49. The number of hydrogen-bond donors (Lipinski definition) is 1. The first kappa shape index (κ1) is 12.9. The molecule has 0 atom stereocenters. The van der Waals surface area contributed by atoms with Crippen molar-refractivity contribution >= 4 is 5.82 Å². The molecule has 0 aliphatic heterocycles. The highest BCUT2D eigenvalue weighted by atomic mass is 16.5. The van der Waals surface area contributed by atoms with Crippen LogP contribution in [0.3, 0.4) is 0 Å². The molecule has 104 valence electrons. The Morgan fingerprint density at radius 3 is 2.65 bits per heavy atom. The maximum absolute atomic E-state index is 5.70. The van der Waals surface area contributed by atoms with Crippen molar-refractivity contribution in [2.75, 3.05) is 5.32 Å². The van der Waals surface area contributed by atoms with Crippen LogP contribution in [0.25, 0.3) is 11.3 Å². The van der Waals surface area contributed by atoms with Crippen molar-refractivity contribution in [3.05, 3.63) is 36.4 Å². The topological polar surface area (TPSA) is 47.0 Å². The number of rotatable bonds is 5. The first-order valence-electron chi connectivity index (χ1n) is 7.08. The molecule has 1 aromatic heterocycles. The van der Waals surface area contributed by atoms with Crippen LogP contribution >= 0.6 is 0 Å². The third-order valence-corrected chi connectivity index (χ3v) is 3.10. The zero-order valence-electron chi connectivity index (χ0n) is 11.8. The fourth-order valence-electron chi connectivity index (χ4n) is 2.00. The zero-order chi connectivity index (χ0) is 13.9. The average molecular weight is 269 g/mol. The van der Waals surface area contributed by atoms with E-state index in [1.165, 1.54) is 12.8 Å². The molecular weight excluding hydrogens is 250 g/mol. The molecule has 0 saturated heterocycles. The van der Waals surface area contributed by atoms with Crippen LogP contribution in [0.5, 0.6) is 5.75 Å². The molecule has 0 spiro atoms. The average Bonchev–Trinajstić information content (AvgIpc) is 3.23. The summed E-state index contributed by atoms with van der Waals surface area (Å²) in [6.45, 7) is 4.04. The summed E-state index contributed by atoms with van der Waals surface area (Å²) in [5.74, 6) is 1.71. The Hall–Kier alpha value is -2.10. The van der Waals surface area contributed by atoms with Gasteiger partial charge in [0.25, 0.3) is 0 Å². The predicted octanol–water partition coefficient (Wildman–Crippen LogP) is 3.51. The summed E-state index contributed by atoms with van der Waals surface area (Å²) in [5.41, 5.74) is 1.88. The minimum absolute atomic E-state index is 0.168. The number of benzene rings is 1. The van der Waals surface area contributed by atoms with Gasteiger partial charge in [-0.05, 0) is 51.0 Å². The molecule has 0 bridgehead atoms. The van der Waals surface area contributed by atoms with E-state index in [-0.39, 0.29) is 6.10 Å². The van der Waals surface area contributed by atoms with Crippen molar-refractivity contribution in [2.24, 2.45) is 0 Å². The Morgan fingerprint density at radius 2 is 2.00 bits per heavy atom. The van der Waals surface area contributed by atoms with Gasteiger partial charge in [0.05, 0.1) is 11.8 Å². The van der Waals surface area contributed by atoms with Gasteiger partial charge in [-0.2, -0.15) is 0 Å². The Balaban J connectivity index is 1.77. The van der Waals surface area contributed by atoms with Crippen LogP contribution in [-0.2, 0) is 0 Å². The number of aromatic nitrogens is 2. The SMILES string of the molecule is CC(C)Oc1cccc(-c2ccc(NC3CC3)nn2)c1. The summed E-state index contributed by atoms with van der Waals surface area (Å²) < 4.78 is 5.70. The van der Waals surface area contributed by atoms with Gasteiger partial charge < -0.3 is 10.1 Å². The van der Waals surface area contributed by atoms with Gasteiger partial charge >= 0.3 is 0 Å². The van der Waals surface area contributed by atoms with Crippen molar-refractivity contribution in [3.8, 4) is 17.0 Å². The number of nitrogens with zero attached hydrogens (tertiary/aromatic N) is 2. The smallest absolute Gasteiger partial charge is 0.148 e. The third kappa shape index (κ3) is 3.26. The van der Waals surface area contributed by atoms with Crippen molar-refractivity contribution in [2.45, 2.75) is 38.8 Å². The lowest BCUT2D eigenvalue weighted by atomic mass is 10.1. The lowest BCUT2D eigenvalue weighted by Gasteiger charge is -2.10. The van der Waals surface area contributed by atoms with E-state index >= 15 is 0 Å². The van der Waals surface area contributed by atoms with Gasteiger partial charge in [-0.3, -0.25) is 0 Å². The molecule has 1 aromatic carbocycles. The Labute approximate surface area is 119 Å². The van der Waals surface area contributed by atoms with Crippen LogP contribution < -0.4 is 10.1 Å². The molecule has 1 aliphatic rings. The van der Waals surface area contributed by atoms with E-state index in [9.17, 15) is 0 Å². The Kier molecular flexibility index (Phi) is 3.54. The number of anilines is 1. The third-order valence-electron chi connectivity index (χ3n) is 3.10. The van der Waals surface area contributed by atoms with Crippen molar-refractivity contribution in [3.63, 3.8) is 0 Å². The predicted molar refractivity (Wildman–Crippen MR) is 79.9 cm³/mol. The van der Waals surface area contributed by atoms with Gasteiger partial charge in [0.1, 0.15) is 11.6 Å². The van der Waals surface area contributed by atoms with Gasteiger partial charge in [0.2, 0.25) is 0 Å². The van der Waals surface area contributed by atoms with Crippen molar-refractivity contribution in [1.82, 2.24) is 10.2 Å². The molecular formula is C16H19N3O. The normalized spacial score (nSPS) is 14.3. The molecule has 2 aromatic rings. The largest absolute Gasteiger partial charge is 0.491 e. The van der Waals surface area contributed by atoms with Crippen LogP contribution in [0.2, 0.25) is 0 Å². The first-order chi connectivity index (χ1) is 9.70. The van der Waals surface area contributed by atoms with Gasteiger partial charge in [0.15, 0.2) is 0 Å². The second-order valence-electron chi connectivity index (χ2n) is 5.42. The highest BCUT2D eigenvalue weighted by Crippen LogP contribution is 2.25. The van der Waals surface area contributed by atoms with E-state index in [0.717, 1.165) is 22.8 Å². The standard InChI is InChI=1S/C16H19N3O/c1-11(2)20-14-5-3-4-12(10-14)15-8-9-16(19-18-15)17-13-6-7-13/h3-5,8-11,13H,6-7H2,1-2H3,(H,17,19). The van der Waals surface area contributed by atoms with Crippen LogP contribution in [-0.4, -0.2) is 22.3 Å². The summed E-state index contributed by atoms with van der Waals surface area (Å²) >= 11 is 0. The summed E-state index contributed by atoms with van der Waals surface area (Å²) in [6, 6.07) is 12.5. The molecule has 0 amide bonds. The van der Waals surface area contributed by atoms with Crippen LogP contribution in [0.1, 0.15) is 26.7 Å². The molecule has 1 heterocycles. The van der Waals surface area contributed by atoms with E-state index < -0.39 is 0 Å². The second-order valence-corrected chi connectivity index (χ2v) is 5.42. The molecule has 20 heavy (non-hydrogen) atoms. The maximum Gasteiger partial charge on any atom is 0.148 e. The minimum Gasteiger partial charge on any atom is -0.491 e. The quantitative estimate of drug-likeness (QED) is 0.902. The lowest BCUT2D eigenvalue weighted by molar-refractivity contribution is 0.242. The number of nitrogens with one attached hydrogen (secondary N) is 1. The maximum atomic E-state index is 5.70. The number of ether oxygens (including phenoxy) is 1.